The van der Waals surface area contributed by atoms with E-state index >= 15 is 0 Å². The first-order chi connectivity index (χ1) is 11.7. The largest absolute Gasteiger partial charge is 0.477 e. The average molecular weight is 357 g/mol. The van der Waals surface area contributed by atoms with Crippen molar-refractivity contribution in [3.05, 3.63) is 45.4 Å². The number of rotatable bonds is 4. The molecule has 0 spiro atoms. The fraction of sp³-hybridized carbons (Fsp3) is 0.250. The summed E-state index contributed by atoms with van der Waals surface area (Å²) in [6, 6.07) is 0.561. The predicted octanol–water partition coefficient (Wildman–Crippen LogP) is 3.11. The summed E-state index contributed by atoms with van der Waals surface area (Å²) < 4.78 is 60.7. The smallest absolute Gasteiger partial charge is 0.341 e. The Hall–Kier alpha value is -2.84. The lowest BCUT2D eigenvalue weighted by molar-refractivity contribution is 0.0695. The van der Waals surface area contributed by atoms with Gasteiger partial charge in [0.15, 0.2) is 11.6 Å². The molecule has 1 aliphatic rings. The molecule has 1 N–H and O–H groups in total. The van der Waals surface area contributed by atoms with Crippen molar-refractivity contribution in [1.82, 2.24) is 4.57 Å². The van der Waals surface area contributed by atoms with Crippen LogP contribution in [0.1, 0.15) is 17.3 Å². The van der Waals surface area contributed by atoms with Crippen LogP contribution in [-0.4, -0.2) is 29.0 Å². The SMILES string of the molecule is CC(CF)(CF)C1=Cn2cc(C(=O)O)c(=O)c3cc(F)c(F)c(c32)O1. The van der Waals surface area contributed by atoms with Crippen molar-refractivity contribution >= 4 is 23.1 Å². The van der Waals surface area contributed by atoms with Gasteiger partial charge in [0.05, 0.1) is 10.8 Å². The standard InChI is InChI=1S/C16H11F4NO4/c1-16(5-17,6-18)10-4-21-3-8(15(23)24)13(22)7-2-9(19)11(20)14(25-10)12(7)21/h2-4H,5-6H2,1H3,(H,23,24). The minimum atomic E-state index is -1.78. The average Bonchev–Trinajstić information content (AvgIpc) is 2.60. The number of halogens is 4. The van der Waals surface area contributed by atoms with Crippen molar-refractivity contribution in [3.63, 3.8) is 0 Å². The van der Waals surface area contributed by atoms with E-state index < -0.39 is 58.5 Å². The molecule has 0 aliphatic carbocycles. The van der Waals surface area contributed by atoms with Gasteiger partial charge < -0.3 is 14.4 Å². The van der Waals surface area contributed by atoms with Crippen LogP contribution in [0.5, 0.6) is 5.75 Å². The number of aromatic carboxylic acids is 1. The molecule has 0 amide bonds. The summed E-state index contributed by atoms with van der Waals surface area (Å²) in [5.41, 5.74) is -3.74. The molecule has 132 valence electrons. The normalized spacial score (nSPS) is 13.6. The summed E-state index contributed by atoms with van der Waals surface area (Å²) in [4.78, 5) is 23.4. The molecule has 1 aromatic heterocycles. The van der Waals surface area contributed by atoms with Crippen LogP contribution in [0, 0.1) is 17.0 Å². The molecule has 0 unspecified atom stereocenters. The van der Waals surface area contributed by atoms with Crippen LogP contribution in [0.2, 0.25) is 0 Å². The first-order valence-corrected chi connectivity index (χ1v) is 7.05. The van der Waals surface area contributed by atoms with Crippen molar-refractivity contribution in [2.24, 2.45) is 5.41 Å². The third-order valence-corrected chi connectivity index (χ3v) is 4.05. The fourth-order valence-corrected chi connectivity index (χ4v) is 2.49. The first-order valence-electron chi connectivity index (χ1n) is 7.05. The fourth-order valence-electron chi connectivity index (χ4n) is 2.49. The van der Waals surface area contributed by atoms with E-state index in [-0.39, 0.29) is 11.3 Å². The number of benzene rings is 1. The Morgan fingerprint density at radius 2 is 1.96 bits per heavy atom. The monoisotopic (exact) mass is 357 g/mol. The molecular formula is C16H11F4NO4. The van der Waals surface area contributed by atoms with E-state index in [2.05, 4.69) is 0 Å². The number of carboxylic acid groups (broad SMARTS) is 1. The Labute approximate surface area is 137 Å². The van der Waals surface area contributed by atoms with Crippen molar-refractivity contribution in [1.29, 1.82) is 0 Å². The maximum atomic E-state index is 14.2. The molecule has 1 aliphatic heterocycles. The van der Waals surface area contributed by atoms with E-state index in [1.807, 2.05) is 0 Å². The maximum absolute atomic E-state index is 14.2. The van der Waals surface area contributed by atoms with Crippen LogP contribution in [0.4, 0.5) is 17.6 Å². The van der Waals surface area contributed by atoms with Gasteiger partial charge in [-0.3, -0.25) is 4.79 Å². The highest BCUT2D eigenvalue weighted by atomic mass is 19.2. The van der Waals surface area contributed by atoms with Gasteiger partial charge in [0.25, 0.3) is 0 Å². The van der Waals surface area contributed by atoms with Crippen molar-refractivity contribution in [3.8, 4) is 5.75 Å². The number of ether oxygens (including phenoxy) is 1. The lowest BCUT2D eigenvalue weighted by Crippen LogP contribution is -2.30. The molecule has 25 heavy (non-hydrogen) atoms. The zero-order valence-corrected chi connectivity index (χ0v) is 12.8. The molecule has 0 saturated heterocycles. The Balaban J connectivity index is 2.44. The molecule has 2 aromatic rings. The Morgan fingerprint density at radius 1 is 1.32 bits per heavy atom. The molecule has 2 heterocycles. The number of carboxylic acids is 1. The van der Waals surface area contributed by atoms with Gasteiger partial charge in [0, 0.05) is 12.4 Å². The van der Waals surface area contributed by atoms with Gasteiger partial charge in [-0.2, -0.15) is 4.39 Å². The summed E-state index contributed by atoms with van der Waals surface area (Å²) >= 11 is 0. The number of aromatic nitrogens is 1. The quantitative estimate of drug-likeness (QED) is 0.854. The van der Waals surface area contributed by atoms with E-state index in [9.17, 15) is 27.2 Å². The summed E-state index contributed by atoms with van der Waals surface area (Å²) in [5, 5.41) is 8.70. The van der Waals surface area contributed by atoms with Gasteiger partial charge in [-0.25, -0.2) is 18.0 Å². The first kappa shape index (κ1) is 17.0. The topological polar surface area (TPSA) is 68.5 Å². The van der Waals surface area contributed by atoms with E-state index in [0.717, 1.165) is 17.0 Å². The van der Waals surface area contributed by atoms with Crippen LogP contribution in [0.15, 0.2) is 22.8 Å². The second-order valence-electron chi connectivity index (χ2n) is 5.91. The number of hydrogen-bond donors (Lipinski definition) is 1. The molecule has 0 bridgehead atoms. The number of carbonyl (C=O) groups is 1. The number of nitrogens with zero attached hydrogens (tertiary/aromatic N) is 1. The van der Waals surface area contributed by atoms with Crippen LogP contribution < -0.4 is 10.2 Å². The van der Waals surface area contributed by atoms with Crippen LogP contribution in [0.3, 0.4) is 0 Å². The summed E-state index contributed by atoms with van der Waals surface area (Å²) in [6.45, 7) is -1.23. The van der Waals surface area contributed by atoms with Crippen molar-refractivity contribution in [2.45, 2.75) is 6.92 Å². The minimum absolute atomic E-state index is 0.224. The minimum Gasteiger partial charge on any atom is -0.477 e. The van der Waals surface area contributed by atoms with Crippen LogP contribution in [0.25, 0.3) is 17.1 Å². The van der Waals surface area contributed by atoms with Crippen molar-refractivity contribution < 1.29 is 32.2 Å². The highest BCUT2D eigenvalue weighted by Gasteiger charge is 2.36. The van der Waals surface area contributed by atoms with Crippen LogP contribution >= 0.6 is 0 Å². The molecular weight excluding hydrogens is 346 g/mol. The summed E-state index contributed by atoms with van der Waals surface area (Å²) in [5.74, 6) is -5.57. The lowest BCUT2D eigenvalue weighted by atomic mass is 9.91. The van der Waals surface area contributed by atoms with Crippen molar-refractivity contribution in [2.75, 3.05) is 13.3 Å². The second kappa shape index (κ2) is 5.61. The molecule has 5 nitrogen and oxygen atoms in total. The Kier molecular flexibility index (Phi) is 3.81. The third kappa shape index (κ3) is 2.38. The predicted molar refractivity (Wildman–Crippen MR) is 80.0 cm³/mol. The zero-order chi connectivity index (χ0) is 18.5. The molecule has 0 radical (unpaired) electrons. The van der Waals surface area contributed by atoms with Gasteiger partial charge in [0.2, 0.25) is 11.2 Å². The number of alkyl halides is 2. The Bertz CT molecular complexity index is 992. The number of hydrogen-bond acceptors (Lipinski definition) is 3. The van der Waals surface area contributed by atoms with Gasteiger partial charge in [-0.15, -0.1) is 0 Å². The molecule has 0 atom stereocenters. The molecule has 0 fully saturated rings. The molecule has 1 aromatic carbocycles. The van der Waals surface area contributed by atoms with Gasteiger partial charge >= 0.3 is 5.97 Å². The van der Waals surface area contributed by atoms with Gasteiger partial charge in [-0.05, 0) is 13.0 Å². The maximum Gasteiger partial charge on any atom is 0.341 e. The molecule has 0 saturated carbocycles. The van der Waals surface area contributed by atoms with Gasteiger partial charge in [-0.1, -0.05) is 0 Å². The van der Waals surface area contributed by atoms with E-state index in [1.54, 1.807) is 0 Å². The third-order valence-electron chi connectivity index (χ3n) is 4.05. The number of pyridine rings is 1. The zero-order valence-electron chi connectivity index (χ0n) is 12.8. The lowest BCUT2D eigenvalue weighted by Gasteiger charge is -2.30. The molecule has 3 rings (SSSR count). The van der Waals surface area contributed by atoms with Crippen LogP contribution in [-0.2, 0) is 0 Å². The Morgan fingerprint density at radius 3 is 2.52 bits per heavy atom. The molecule has 9 heteroatoms. The summed E-state index contributed by atoms with van der Waals surface area (Å²) in [7, 11) is 0. The highest BCUT2D eigenvalue weighted by Crippen LogP contribution is 2.40. The van der Waals surface area contributed by atoms with E-state index in [1.165, 1.54) is 6.92 Å². The summed E-state index contributed by atoms with van der Waals surface area (Å²) in [6.07, 6.45) is 1.92. The van der Waals surface area contributed by atoms with E-state index in [0.29, 0.717) is 6.07 Å². The van der Waals surface area contributed by atoms with E-state index in [4.69, 9.17) is 9.84 Å². The second-order valence-corrected chi connectivity index (χ2v) is 5.91. The highest BCUT2D eigenvalue weighted by molar-refractivity contribution is 5.95. The number of allylic oxidation sites excluding steroid dienone is 1. The van der Waals surface area contributed by atoms with Gasteiger partial charge in [0.1, 0.15) is 30.2 Å².